The van der Waals surface area contributed by atoms with Crippen molar-refractivity contribution < 1.29 is 18.6 Å². The van der Waals surface area contributed by atoms with Crippen molar-refractivity contribution in [3.05, 3.63) is 35.4 Å². The summed E-state index contributed by atoms with van der Waals surface area (Å²) < 4.78 is 14.5. The van der Waals surface area contributed by atoms with E-state index in [0.29, 0.717) is 36.2 Å². The molecular formula is C25H43N2O4P. The number of hydrogen-bond donors (Lipinski definition) is 1. The standard InChI is InChI=1S/C25H43N2O4P/c1-7-18-30-32(27(20(2)3)21(4)5)31-19-14-10-8-9-11-17-24(28)22-15-12-13-16-23(22)25(29)26-6/h12-13,15-16,20-21H,7-11,14,17-19H2,1-6H3,(H,26,29). The Morgan fingerprint density at radius 3 is 2.06 bits per heavy atom. The molecule has 0 radical (unpaired) electrons. The summed E-state index contributed by atoms with van der Waals surface area (Å²) >= 11 is 0. The van der Waals surface area contributed by atoms with Crippen molar-refractivity contribution in [2.75, 3.05) is 20.3 Å². The van der Waals surface area contributed by atoms with Crippen molar-refractivity contribution in [2.24, 2.45) is 0 Å². The molecule has 0 aliphatic rings. The van der Waals surface area contributed by atoms with Gasteiger partial charge in [0.1, 0.15) is 0 Å². The zero-order chi connectivity index (χ0) is 23.9. The van der Waals surface area contributed by atoms with Gasteiger partial charge in [0.2, 0.25) is 0 Å². The second kappa shape index (κ2) is 16.3. The van der Waals surface area contributed by atoms with E-state index >= 15 is 0 Å². The number of unbranched alkanes of at least 4 members (excludes halogenated alkanes) is 4. The predicted molar refractivity (Wildman–Crippen MR) is 133 cm³/mol. The molecule has 0 fully saturated rings. The van der Waals surface area contributed by atoms with Crippen LogP contribution in [0.5, 0.6) is 0 Å². The maximum Gasteiger partial charge on any atom is 0.259 e. The van der Waals surface area contributed by atoms with Crippen LogP contribution in [0.25, 0.3) is 0 Å². The van der Waals surface area contributed by atoms with Crippen molar-refractivity contribution >= 4 is 20.2 Å². The van der Waals surface area contributed by atoms with Crippen LogP contribution in [0.3, 0.4) is 0 Å². The molecule has 1 unspecified atom stereocenters. The van der Waals surface area contributed by atoms with Gasteiger partial charge in [0, 0.05) is 31.1 Å². The number of hydrogen-bond acceptors (Lipinski definition) is 5. The molecule has 182 valence electrons. The maximum atomic E-state index is 12.5. The topological polar surface area (TPSA) is 67.9 Å². The first-order valence-electron chi connectivity index (χ1n) is 12.0. The third-order valence-electron chi connectivity index (χ3n) is 5.10. The Balaban J connectivity index is 2.33. The third-order valence-corrected chi connectivity index (χ3v) is 7.21. The fourth-order valence-electron chi connectivity index (χ4n) is 3.57. The molecule has 0 spiro atoms. The SMILES string of the molecule is CCCOP(OCCCCCCCC(=O)c1ccccc1C(=O)NC)N(C(C)C)C(C)C. The molecule has 0 aliphatic carbocycles. The van der Waals surface area contributed by atoms with Gasteiger partial charge in [-0.05, 0) is 53.0 Å². The molecule has 1 rings (SSSR count). The summed E-state index contributed by atoms with van der Waals surface area (Å²) in [5.74, 6) is -0.181. The van der Waals surface area contributed by atoms with Crippen LogP contribution in [0, 0.1) is 0 Å². The van der Waals surface area contributed by atoms with Crippen LogP contribution in [0.4, 0.5) is 0 Å². The van der Waals surface area contributed by atoms with Crippen LogP contribution in [-0.2, 0) is 9.05 Å². The minimum absolute atomic E-state index is 0.0358. The molecule has 0 saturated carbocycles. The summed E-state index contributed by atoms with van der Waals surface area (Å²) in [5, 5.41) is 2.60. The number of rotatable bonds is 17. The summed E-state index contributed by atoms with van der Waals surface area (Å²) in [4.78, 5) is 24.5. The second-order valence-corrected chi connectivity index (χ2v) is 9.99. The van der Waals surface area contributed by atoms with Gasteiger partial charge in [-0.25, -0.2) is 4.67 Å². The van der Waals surface area contributed by atoms with E-state index in [2.05, 4.69) is 44.6 Å². The molecule has 1 aromatic rings. The van der Waals surface area contributed by atoms with Gasteiger partial charge in [0.15, 0.2) is 5.78 Å². The Morgan fingerprint density at radius 2 is 1.47 bits per heavy atom. The summed E-state index contributed by atoms with van der Waals surface area (Å²) in [6.07, 6.45) is 6.42. The molecule has 0 aromatic heterocycles. The zero-order valence-corrected chi connectivity index (χ0v) is 21.7. The number of benzene rings is 1. The summed E-state index contributed by atoms with van der Waals surface area (Å²) in [5.41, 5.74) is 0.969. The smallest absolute Gasteiger partial charge is 0.259 e. The highest BCUT2D eigenvalue weighted by Gasteiger charge is 2.26. The number of nitrogens with zero attached hydrogens (tertiary/aromatic N) is 1. The lowest BCUT2D eigenvalue weighted by Gasteiger charge is -2.35. The highest BCUT2D eigenvalue weighted by Crippen LogP contribution is 2.46. The first-order chi connectivity index (χ1) is 15.3. The van der Waals surface area contributed by atoms with Crippen LogP contribution >= 0.6 is 8.53 Å². The van der Waals surface area contributed by atoms with E-state index < -0.39 is 8.53 Å². The summed E-state index contributed by atoms with van der Waals surface area (Å²) in [7, 11) is 0.554. The normalized spacial score (nSPS) is 12.5. The second-order valence-electron chi connectivity index (χ2n) is 8.54. The van der Waals surface area contributed by atoms with E-state index in [0.717, 1.165) is 45.1 Å². The van der Waals surface area contributed by atoms with Gasteiger partial charge < -0.3 is 14.4 Å². The van der Waals surface area contributed by atoms with E-state index in [9.17, 15) is 9.59 Å². The monoisotopic (exact) mass is 466 g/mol. The highest BCUT2D eigenvalue weighted by molar-refractivity contribution is 7.44. The molecular weight excluding hydrogens is 423 g/mol. The Bertz CT molecular complexity index is 674. The predicted octanol–water partition coefficient (Wildman–Crippen LogP) is 6.36. The van der Waals surface area contributed by atoms with E-state index in [4.69, 9.17) is 9.05 Å². The average molecular weight is 467 g/mol. The van der Waals surface area contributed by atoms with Crippen molar-refractivity contribution in [1.82, 2.24) is 9.99 Å². The molecule has 6 nitrogen and oxygen atoms in total. The Morgan fingerprint density at radius 1 is 0.906 bits per heavy atom. The van der Waals surface area contributed by atoms with Crippen LogP contribution in [0.15, 0.2) is 24.3 Å². The minimum Gasteiger partial charge on any atom is -0.355 e. The highest BCUT2D eigenvalue weighted by atomic mass is 31.2. The fraction of sp³-hybridized carbons (Fsp3) is 0.680. The van der Waals surface area contributed by atoms with Gasteiger partial charge in [0.05, 0.1) is 18.8 Å². The Labute approximate surface area is 196 Å². The average Bonchev–Trinajstić information content (AvgIpc) is 2.77. The fourth-order valence-corrected chi connectivity index (χ4v) is 5.29. The molecule has 0 aliphatic heterocycles. The minimum atomic E-state index is -1.03. The number of carbonyl (C=O) groups is 2. The van der Waals surface area contributed by atoms with E-state index in [-0.39, 0.29) is 11.7 Å². The van der Waals surface area contributed by atoms with Gasteiger partial charge in [-0.15, -0.1) is 0 Å². The number of nitrogens with one attached hydrogen (secondary N) is 1. The van der Waals surface area contributed by atoms with E-state index in [1.807, 2.05) is 0 Å². The lowest BCUT2D eigenvalue weighted by atomic mass is 9.98. The quantitative estimate of drug-likeness (QED) is 0.164. The van der Waals surface area contributed by atoms with Crippen molar-refractivity contribution in [1.29, 1.82) is 0 Å². The Hall–Kier alpha value is -1.33. The first kappa shape index (κ1) is 28.7. The molecule has 1 amide bonds. The summed E-state index contributed by atoms with van der Waals surface area (Å²) in [6.45, 7) is 12.3. The molecule has 32 heavy (non-hydrogen) atoms. The zero-order valence-electron chi connectivity index (χ0n) is 20.9. The molecule has 0 bridgehead atoms. The molecule has 1 N–H and O–H groups in total. The number of Topliss-reactive ketones (excluding diaryl/α,β-unsaturated/α-hetero) is 1. The van der Waals surface area contributed by atoms with Gasteiger partial charge >= 0.3 is 0 Å². The molecule has 0 saturated heterocycles. The molecule has 7 heteroatoms. The van der Waals surface area contributed by atoms with Crippen LogP contribution < -0.4 is 5.32 Å². The summed E-state index contributed by atoms with van der Waals surface area (Å²) in [6, 6.07) is 7.78. The first-order valence-corrected chi connectivity index (χ1v) is 13.1. The lowest BCUT2D eigenvalue weighted by Crippen LogP contribution is -2.33. The van der Waals surface area contributed by atoms with Gasteiger partial charge in [-0.2, -0.15) is 0 Å². The number of carbonyl (C=O) groups excluding carboxylic acids is 2. The van der Waals surface area contributed by atoms with Gasteiger partial charge in [0.25, 0.3) is 14.4 Å². The molecule has 1 atom stereocenters. The molecule has 0 heterocycles. The number of ketones is 1. The van der Waals surface area contributed by atoms with Crippen LogP contribution in [0.1, 0.15) is 100 Å². The van der Waals surface area contributed by atoms with Crippen LogP contribution in [-0.4, -0.2) is 48.7 Å². The van der Waals surface area contributed by atoms with E-state index in [1.54, 1.807) is 31.3 Å². The van der Waals surface area contributed by atoms with Crippen molar-refractivity contribution in [3.63, 3.8) is 0 Å². The van der Waals surface area contributed by atoms with Crippen molar-refractivity contribution in [2.45, 2.75) is 91.6 Å². The van der Waals surface area contributed by atoms with Gasteiger partial charge in [-0.1, -0.05) is 44.4 Å². The lowest BCUT2D eigenvalue weighted by molar-refractivity contribution is 0.0936. The Kier molecular flexibility index (Phi) is 14.6. The van der Waals surface area contributed by atoms with Gasteiger partial charge in [-0.3, -0.25) is 9.59 Å². The maximum absolute atomic E-state index is 12.5. The largest absolute Gasteiger partial charge is 0.355 e. The number of amides is 1. The third kappa shape index (κ3) is 10.1. The van der Waals surface area contributed by atoms with E-state index in [1.165, 1.54) is 0 Å². The van der Waals surface area contributed by atoms with Crippen LogP contribution in [0.2, 0.25) is 0 Å². The molecule has 1 aromatic carbocycles. The van der Waals surface area contributed by atoms with Crippen molar-refractivity contribution in [3.8, 4) is 0 Å².